The first-order valence-corrected chi connectivity index (χ1v) is 10.3. The van der Waals surface area contributed by atoms with Gasteiger partial charge in [-0.15, -0.1) is 0 Å². The van der Waals surface area contributed by atoms with Gasteiger partial charge < -0.3 is 14.2 Å². The largest absolute Gasteiger partial charge is 0.487 e. The van der Waals surface area contributed by atoms with Crippen molar-refractivity contribution < 1.29 is 36.2 Å². The molecule has 0 saturated carbocycles. The van der Waals surface area contributed by atoms with Crippen molar-refractivity contribution >= 4 is 16.0 Å². The third-order valence-corrected chi connectivity index (χ3v) is 6.37. The molecule has 2 aromatic rings. The molecule has 10 heteroatoms. The Morgan fingerprint density at radius 2 is 1.77 bits per heavy atom. The van der Waals surface area contributed by atoms with Crippen molar-refractivity contribution in [3.63, 3.8) is 0 Å². The van der Waals surface area contributed by atoms with Crippen LogP contribution in [0.1, 0.15) is 29.8 Å². The van der Waals surface area contributed by atoms with Crippen molar-refractivity contribution in [2.45, 2.75) is 30.8 Å². The van der Waals surface area contributed by atoms with E-state index in [2.05, 4.69) is 0 Å². The van der Waals surface area contributed by atoms with Gasteiger partial charge in [-0.05, 0) is 26.0 Å². The molecular formula is C20H21F2NO6S. The number of hydrogen-bond acceptors (Lipinski definition) is 6. The molecule has 3 rings (SSSR count). The predicted octanol–water partition coefficient (Wildman–Crippen LogP) is 3.51. The van der Waals surface area contributed by atoms with Crippen LogP contribution < -0.4 is 9.47 Å². The second-order valence-electron chi connectivity index (χ2n) is 7.58. The zero-order valence-corrected chi connectivity index (χ0v) is 17.9. The number of halogens is 2. The highest BCUT2D eigenvalue weighted by atomic mass is 32.2. The fourth-order valence-electron chi connectivity index (χ4n) is 3.07. The Kier molecular flexibility index (Phi) is 5.50. The van der Waals surface area contributed by atoms with Crippen LogP contribution >= 0.6 is 0 Å². The third-order valence-electron chi connectivity index (χ3n) is 4.54. The molecule has 0 aromatic heterocycles. The van der Waals surface area contributed by atoms with E-state index >= 15 is 0 Å². The van der Waals surface area contributed by atoms with Crippen LogP contribution in [0.4, 0.5) is 8.78 Å². The third kappa shape index (κ3) is 3.97. The van der Waals surface area contributed by atoms with Gasteiger partial charge in [0.2, 0.25) is 10.0 Å². The fraction of sp³-hybridized carbons (Fsp3) is 0.350. The molecule has 162 valence electrons. The molecule has 1 aliphatic heterocycles. The lowest BCUT2D eigenvalue weighted by atomic mass is 10.00. The molecular weight excluding hydrogens is 420 g/mol. The summed E-state index contributed by atoms with van der Waals surface area (Å²) in [6, 6.07) is 4.05. The molecule has 0 unspecified atom stereocenters. The summed E-state index contributed by atoms with van der Waals surface area (Å²) in [4.78, 5) is 11.2. The molecule has 0 bridgehead atoms. The smallest absolute Gasteiger partial charge is 0.338 e. The topological polar surface area (TPSA) is 82.1 Å². The molecule has 0 aliphatic carbocycles. The SMILES string of the molecule is COC(=O)c1cc(Oc2cc(F)c(S(=O)(=O)N(C)C)cc2F)c2c(c1)OC(C)(C)C2. The van der Waals surface area contributed by atoms with Crippen molar-refractivity contribution in [3.05, 3.63) is 47.0 Å². The molecule has 0 fully saturated rings. The van der Waals surface area contributed by atoms with Crippen molar-refractivity contribution in [1.82, 2.24) is 4.31 Å². The van der Waals surface area contributed by atoms with Gasteiger partial charge in [0.1, 0.15) is 27.8 Å². The van der Waals surface area contributed by atoms with E-state index < -0.39 is 43.9 Å². The molecule has 7 nitrogen and oxygen atoms in total. The number of rotatable bonds is 5. The van der Waals surface area contributed by atoms with Gasteiger partial charge in [0.15, 0.2) is 11.6 Å². The zero-order valence-electron chi connectivity index (χ0n) is 17.1. The van der Waals surface area contributed by atoms with Crippen molar-refractivity contribution in [2.24, 2.45) is 0 Å². The summed E-state index contributed by atoms with van der Waals surface area (Å²) in [5, 5.41) is 0. The van der Waals surface area contributed by atoms with E-state index in [1.807, 2.05) is 13.8 Å². The number of ether oxygens (including phenoxy) is 3. The Bertz CT molecular complexity index is 1130. The Balaban J connectivity index is 2.08. The summed E-state index contributed by atoms with van der Waals surface area (Å²) in [6.45, 7) is 3.66. The molecule has 0 radical (unpaired) electrons. The van der Waals surface area contributed by atoms with Gasteiger partial charge in [0.05, 0.1) is 12.7 Å². The van der Waals surface area contributed by atoms with Crippen LogP contribution in [0.3, 0.4) is 0 Å². The average Bonchev–Trinajstić information content (AvgIpc) is 2.97. The first kappa shape index (κ1) is 22.0. The van der Waals surface area contributed by atoms with Gasteiger partial charge >= 0.3 is 5.97 Å². The van der Waals surface area contributed by atoms with Crippen LogP contribution in [0.25, 0.3) is 0 Å². The van der Waals surface area contributed by atoms with Gasteiger partial charge in [-0.25, -0.2) is 26.3 Å². The van der Waals surface area contributed by atoms with E-state index in [0.29, 0.717) is 29.9 Å². The fourth-order valence-corrected chi connectivity index (χ4v) is 4.02. The highest BCUT2D eigenvalue weighted by Crippen LogP contribution is 2.43. The maximum Gasteiger partial charge on any atom is 0.338 e. The molecule has 0 saturated heterocycles. The number of hydrogen-bond donors (Lipinski definition) is 0. The predicted molar refractivity (Wildman–Crippen MR) is 103 cm³/mol. The maximum absolute atomic E-state index is 14.6. The molecule has 2 aromatic carbocycles. The minimum atomic E-state index is -4.18. The van der Waals surface area contributed by atoms with Gasteiger partial charge in [0.25, 0.3) is 0 Å². The molecule has 0 amide bonds. The van der Waals surface area contributed by atoms with Gasteiger partial charge in [0, 0.05) is 38.2 Å². The molecule has 0 atom stereocenters. The van der Waals surface area contributed by atoms with Crippen molar-refractivity contribution in [2.75, 3.05) is 21.2 Å². The van der Waals surface area contributed by atoms with Crippen LogP contribution in [0.15, 0.2) is 29.2 Å². The highest BCUT2D eigenvalue weighted by molar-refractivity contribution is 7.89. The van der Waals surface area contributed by atoms with Crippen LogP contribution in [-0.2, 0) is 21.2 Å². The minimum Gasteiger partial charge on any atom is -0.487 e. The van der Waals surface area contributed by atoms with E-state index in [9.17, 15) is 22.0 Å². The Morgan fingerprint density at radius 3 is 2.37 bits per heavy atom. The Morgan fingerprint density at radius 1 is 1.10 bits per heavy atom. The van der Waals surface area contributed by atoms with E-state index in [1.54, 1.807) is 0 Å². The van der Waals surface area contributed by atoms with E-state index in [4.69, 9.17) is 14.2 Å². The molecule has 30 heavy (non-hydrogen) atoms. The minimum absolute atomic E-state index is 0.0833. The summed E-state index contributed by atoms with van der Waals surface area (Å²) < 4.78 is 70.3. The van der Waals surface area contributed by atoms with Gasteiger partial charge in [-0.2, -0.15) is 0 Å². The summed E-state index contributed by atoms with van der Waals surface area (Å²) in [6.07, 6.45) is 0.399. The van der Waals surface area contributed by atoms with Gasteiger partial charge in [-0.1, -0.05) is 0 Å². The number of carbonyl (C=O) groups is 1. The molecule has 0 N–H and O–H groups in total. The monoisotopic (exact) mass is 441 g/mol. The van der Waals surface area contributed by atoms with Crippen LogP contribution in [0, 0.1) is 11.6 Å². The molecule has 0 spiro atoms. The average molecular weight is 441 g/mol. The number of esters is 1. The standard InChI is InChI=1S/C20H21F2NO6S/c1-20(2)10-12-15(6-11(19(24)27-5)7-16(12)29-20)28-17-8-14(22)18(9-13(17)21)30(25,26)23(3)4/h6-9H,10H2,1-5H3. The summed E-state index contributed by atoms with van der Waals surface area (Å²) in [5.41, 5.74) is 0.0805. The van der Waals surface area contributed by atoms with Crippen LogP contribution in [0.2, 0.25) is 0 Å². The van der Waals surface area contributed by atoms with Crippen molar-refractivity contribution in [3.8, 4) is 17.2 Å². The van der Waals surface area contributed by atoms with Gasteiger partial charge in [-0.3, -0.25) is 0 Å². The first-order valence-electron chi connectivity index (χ1n) is 8.89. The number of fused-ring (bicyclic) bond motifs is 1. The zero-order chi connectivity index (χ0) is 22.4. The Labute approximate surface area is 173 Å². The number of methoxy groups -OCH3 is 1. The highest BCUT2D eigenvalue weighted by Gasteiger charge is 2.34. The number of sulfonamides is 1. The molecule has 1 heterocycles. The lowest BCUT2D eigenvalue weighted by molar-refractivity contribution is 0.0599. The second kappa shape index (κ2) is 7.51. The summed E-state index contributed by atoms with van der Waals surface area (Å²) >= 11 is 0. The maximum atomic E-state index is 14.6. The first-order chi connectivity index (χ1) is 13.9. The second-order valence-corrected chi connectivity index (χ2v) is 9.70. The van der Waals surface area contributed by atoms with E-state index in [1.165, 1.54) is 33.3 Å². The number of benzene rings is 2. The lowest BCUT2D eigenvalue weighted by Crippen LogP contribution is -2.24. The normalized spacial score (nSPS) is 14.9. The van der Waals surface area contributed by atoms with E-state index in [-0.39, 0.29) is 11.3 Å². The van der Waals surface area contributed by atoms with E-state index in [0.717, 1.165) is 4.31 Å². The lowest BCUT2D eigenvalue weighted by Gasteiger charge is -2.16. The number of nitrogens with zero attached hydrogens (tertiary/aromatic N) is 1. The van der Waals surface area contributed by atoms with Crippen molar-refractivity contribution in [1.29, 1.82) is 0 Å². The van der Waals surface area contributed by atoms with Crippen LogP contribution in [-0.4, -0.2) is 45.5 Å². The molecule has 1 aliphatic rings. The van der Waals surface area contributed by atoms with Crippen LogP contribution in [0.5, 0.6) is 17.2 Å². The quantitative estimate of drug-likeness (QED) is 0.661. The summed E-state index contributed by atoms with van der Waals surface area (Å²) in [5.74, 6) is -2.98. The number of carbonyl (C=O) groups excluding carboxylic acids is 1. The summed E-state index contributed by atoms with van der Waals surface area (Å²) in [7, 11) is -0.559. The Hall–Kier alpha value is -2.72.